The lowest BCUT2D eigenvalue weighted by molar-refractivity contribution is 0.0321. The maximum absolute atomic E-state index is 12.9. The third-order valence-corrected chi connectivity index (χ3v) is 3.76. The molecule has 0 fully saturated rings. The molecule has 1 aromatic carbocycles. The standard InChI is InChI=1S/C22H29N3O5/c1-21(2,3)29-19(27)24-18-23-14-17(25(18)20(28)30-22(4,5)6)16-11-9-15(10-12-16)8-7-13-26/h9-12,17,26H,13-14H2,1-6H3,(H,23,24,27). The fourth-order valence-electron chi connectivity index (χ4n) is 2.68. The van der Waals surface area contributed by atoms with Crippen molar-refractivity contribution >= 4 is 18.1 Å². The molecule has 2 amide bonds. The Bertz CT molecular complexity index is 867. The molecular weight excluding hydrogens is 386 g/mol. The van der Waals surface area contributed by atoms with Gasteiger partial charge < -0.3 is 14.6 Å². The number of hydrogen-bond donors (Lipinski definition) is 2. The molecule has 1 heterocycles. The summed E-state index contributed by atoms with van der Waals surface area (Å²) in [4.78, 5) is 30.8. The zero-order valence-corrected chi connectivity index (χ0v) is 18.3. The minimum Gasteiger partial charge on any atom is -0.444 e. The number of alkyl carbamates (subject to hydrolysis) is 1. The van der Waals surface area contributed by atoms with Gasteiger partial charge in [0.15, 0.2) is 0 Å². The first-order valence-corrected chi connectivity index (χ1v) is 9.66. The van der Waals surface area contributed by atoms with E-state index in [2.05, 4.69) is 22.2 Å². The van der Waals surface area contributed by atoms with Gasteiger partial charge in [0.05, 0.1) is 12.6 Å². The number of nitrogens with zero attached hydrogens (tertiary/aromatic N) is 2. The highest BCUT2D eigenvalue weighted by Gasteiger charge is 2.38. The Morgan fingerprint density at radius 3 is 2.27 bits per heavy atom. The molecule has 0 radical (unpaired) electrons. The van der Waals surface area contributed by atoms with Crippen LogP contribution in [0.15, 0.2) is 29.3 Å². The van der Waals surface area contributed by atoms with Crippen LogP contribution in [0.25, 0.3) is 0 Å². The number of guanidine groups is 1. The van der Waals surface area contributed by atoms with Crippen molar-refractivity contribution in [1.29, 1.82) is 0 Å². The molecule has 8 nitrogen and oxygen atoms in total. The van der Waals surface area contributed by atoms with Gasteiger partial charge in [0.25, 0.3) is 0 Å². The minimum atomic E-state index is -0.717. The summed E-state index contributed by atoms with van der Waals surface area (Å²) < 4.78 is 10.8. The first kappa shape index (κ1) is 23.2. The Labute approximate surface area is 177 Å². The summed E-state index contributed by atoms with van der Waals surface area (Å²) in [5, 5.41) is 11.4. The summed E-state index contributed by atoms with van der Waals surface area (Å²) in [6.45, 7) is 10.6. The zero-order chi connectivity index (χ0) is 22.5. The Morgan fingerprint density at radius 2 is 1.73 bits per heavy atom. The number of carbonyl (C=O) groups excluding carboxylic acids is 2. The number of benzene rings is 1. The van der Waals surface area contributed by atoms with Crippen molar-refractivity contribution in [3.8, 4) is 11.8 Å². The van der Waals surface area contributed by atoms with Crippen molar-refractivity contribution in [2.75, 3.05) is 13.2 Å². The van der Waals surface area contributed by atoms with Crippen LogP contribution < -0.4 is 5.32 Å². The van der Waals surface area contributed by atoms with E-state index in [0.29, 0.717) is 0 Å². The molecule has 0 bridgehead atoms. The molecule has 0 aromatic heterocycles. The molecule has 0 saturated carbocycles. The number of nitrogens with one attached hydrogen (secondary N) is 1. The SMILES string of the molecule is CC(C)(C)OC(=O)NC1=NCC(c2ccc(C#CCO)cc2)N1C(=O)OC(C)(C)C. The Balaban J connectivity index is 2.27. The molecule has 0 aliphatic carbocycles. The molecule has 1 aromatic rings. The topological polar surface area (TPSA) is 100 Å². The van der Waals surface area contributed by atoms with Gasteiger partial charge in [0, 0.05) is 5.56 Å². The maximum atomic E-state index is 12.9. The van der Waals surface area contributed by atoms with Gasteiger partial charge in [-0.3, -0.25) is 5.32 Å². The average molecular weight is 415 g/mol. The van der Waals surface area contributed by atoms with Crippen molar-refractivity contribution in [2.45, 2.75) is 58.8 Å². The molecule has 1 unspecified atom stereocenters. The summed E-state index contributed by atoms with van der Waals surface area (Å²) in [5.41, 5.74) is 0.137. The maximum Gasteiger partial charge on any atom is 0.417 e. The van der Waals surface area contributed by atoms with E-state index in [9.17, 15) is 9.59 Å². The van der Waals surface area contributed by atoms with Crippen LogP contribution in [0.2, 0.25) is 0 Å². The van der Waals surface area contributed by atoms with Crippen molar-refractivity contribution in [3.63, 3.8) is 0 Å². The van der Waals surface area contributed by atoms with Crippen molar-refractivity contribution in [1.82, 2.24) is 10.2 Å². The zero-order valence-electron chi connectivity index (χ0n) is 18.3. The number of aliphatic imine (C=N–C) groups is 1. The van der Waals surface area contributed by atoms with Gasteiger partial charge >= 0.3 is 12.2 Å². The number of ether oxygens (including phenoxy) is 2. The summed E-state index contributed by atoms with van der Waals surface area (Å²) in [7, 11) is 0. The molecule has 30 heavy (non-hydrogen) atoms. The third kappa shape index (κ3) is 6.78. The first-order valence-electron chi connectivity index (χ1n) is 9.66. The number of rotatable bonds is 1. The van der Waals surface area contributed by atoms with Gasteiger partial charge in [-0.1, -0.05) is 24.0 Å². The molecule has 2 rings (SSSR count). The van der Waals surface area contributed by atoms with Crippen LogP contribution in [0.1, 0.15) is 58.7 Å². The van der Waals surface area contributed by atoms with Crippen molar-refractivity contribution < 1.29 is 24.2 Å². The van der Waals surface area contributed by atoms with Gasteiger partial charge in [-0.05, 0) is 59.2 Å². The molecule has 1 aliphatic rings. The lowest BCUT2D eigenvalue weighted by atomic mass is 10.0. The van der Waals surface area contributed by atoms with Crippen LogP contribution in [0, 0.1) is 11.8 Å². The quantitative estimate of drug-likeness (QED) is 0.686. The third-order valence-electron chi connectivity index (χ3n) is 3.76. The largest absolute Gasteiger partial charge is 0.444 e. The normalized spacial score (nSPS) is 16.3. The van der Waals surface area contributed by atoms with Crippen molar-refractivity contribution in [2.24, 2.45) is 4.99 Å². The van der Waals surface area contributed by atoms with Crippen LogP contribution >= 0.6 is 0 Å². The predicted molar refractivity (Wildman–Crippen MR) is 113 cm³/mol. The highest BCUT2D eigenvalue weighted by atomic mass is 16.6. The lowest BCUT2D eigenvalue weighted by Crippen LogP contribution is -2.48. The number of aliphatic hydroxyl groups is 1. The fourth-order valence-corrected chi connectivity index (χ4v) is 2.68. The number of carbonyl (C=O) groups is 2. The van der Waals surface area contributed by atoms with Crippen LogP contribution in [-0.4, -0.2) is 52.5 Å². The molecule has 2 N–H and O–H groups in total. The highest BCUT2D eigenvalue weighted by Crippen LogP contribution is 2.28. The average Bonchev–Trinajstić information content (AvgIpc) is 3.00. The van der Waals surface area contributed by atoms with Gasteiger partial charge in [-0.2, -0.15) is 0 Å². The van der Waals surface area contributed by atoms with E-state index >= 15 is 0 Å². The van der Waals surface area contributed by atoms with E-state index in [1.807, 2.05) is 12.1 Å². The monoisotopic (exact) mass is 415 g/mol. The molecule has 1 atom stereocenters. The van der Waals surface area contributed by atoms with Crippen molar-refractivity contribution in [3.05, 3.63) is 35.4 Å². The molecule has 162 valence electrons. The smallest absolute Gasteiger partial charge is 0.417 e. The van der Waals surface area contributed by atoms with E-state index in [4.69, 9.17) is 14.6 Å². The summed E-state index contributed by atoms with van der Waals surface area (Å²) in [6, 6.07) is 6.80. The number of aliphatic hydroxyl groups excluding tert-OH is 1. The second-order valence-corrected chi connectivity index (χ2v) is 8.74. The second kappa shape index (κ2) is 9.18. The highest BCUT2D eigenvalue weighted by molar-refractivity contribution is 6.02. The van der Waals surface area contributed by atoms with E-state index in [-0.39, 0.29) is 19.1 Å². The first-order chi connectivity index (χ1) is 13.9. The molecular formula is C22H29N3O5. The number of amides is 2. The Morgan fingerprint density at radius 1 is 1.13 bits per heavy atom. The Hall–Kier alpha value is -3.05. The minimum absolute atomic E-state index is 0.0765. The summed E-state index contributed by atoms with van der Waals surface area (Å²) >= 11 is 0. The van der Waals surface area contributed by atoms with Crippen LogP contribution in [-0.2, 0) is 9.47 Å². The predicted octanol–water partition coefficient (Wildman–Crippen LogP) is 3.20. The van der Waals surface area contributed by atoms with Crippen LogP contribution in [0.4, 0.5) is 9.59 Å². The van der Waals surface area contributed by atoms with E-state index < -0.39 is 29.4 Å². The molecule has 0 spiro atoms. The number of hydrogen-bond acceptors (Lipinski definition) is 6. The van der Waals surface area contributed by atoms with Gasteiger partial charge in [0.1, 0.15) is 17.8 Å². The van der Waals surface area contributed by atoms with Gasteiger partial charge in [-0.25, -0.2) is 19.5 Å². The lowest BCUT2D eigenvalue weighted by Gasteiger charge is -2.29. The van der Waals surface area contributed by atoms with E-state index in [1.54, 1.807) is 53.7 Å². The van der Waals surface area contributed by atoms with Gasteiger partial charge in [0.2, 0.25) is 5.96 Å². The fraction of sp³-hybridized carbons (Fsp3) is 0.500. The summed E-state index contributed by atoms with van der Waals surface area (Å²) in [5.74, 6) is 5.49. The summed E-state index contributed by atoms with van der Waals surface area (Å²) in [6.07, 6.45) is -1.32. The van der Waals surface area contributed by atoms with E-state index in [0.717, 1.165) is 11.1 Å². The van der Waals surface area contributed by atoms with E-state index in [1.165, 1.54) is 4.90 Å². The van der Waals surface area contributed by atoms with Gasteiger partial charge in [-0.15, -0.1) is 0 Å². The second-order valence-electron chi connectivity index (χ2n) is 8.74. The van der Waals surface area contributed by atoms with Crippen LogP contribution in [0.5, 0.6) is 0 Å². The van der Waals surface area contributed by atoms with Crippen LogP contribution in [0.3, 0.4) is 0 Å². The molecule has 8 heteroatoms. The Kier molecular flexibility index (Phi) is 7.11. The molecule has 0 saturated heterocycles. The molecule has 1 aliphatic heterocycles.